The molecule has 0 spiro atoms. The number of aryl methyl sites for hydroxylation is 1. The van der Waals surface area contributed by atoms with Gasteiger partial charge in [0.15, 0.2) is 0 Å². The van der Waals surface area contributed by atoms with Gasteiger partial charge in [0.1, 0.15) is 5.82 Å². The lowest BCUT2D eigenvalue weighted by molar-refractivity contribution is 0.625. The molecule has 0 aromatic heterocycles. The van der Waals surface area contributed by atoms with Crippen LogP contribution in [0.5, 0.6) is 0 Å². The number of hydrogen-bond acceptors (Lipinski definition) is 0. The van der Waals surface area contributed by atoms with E-state index in [2.05, 4.69) is 6.07 Å². The topological polar surface area (TPSA) is 0 Å². The zero-order chi connectivity index (χ0) is 5.98. The molecule has 0 fully saturated rings. The number of benzene rings is 1. The van der Waals surface area contributed by atoms with Crippen LogP contribution in [-0.4, -0.2) is 0 Å². The minimum atomic E-state index is -0.296. The molecule has 41 valence electrons. The average Bonchev–Trinajstić information content (AvgIpc) is 1.77. The second-order valence-electron chi connectivity index (χ2n) is 1.71. The first-order chi connectivity index (χ1) is 3.79. The third-order valence-electron chi connectivity index (χ3n) is 0.930. The van der Waals surface area contributed by atoms with Crippen LogP contribution in [0.4, 0.5) is 4.39 Å². The molecule has 1 radical (unpaired) electrons. The van der Waals surface area contributed by atoms with Crippen molar-refractivity contribution in [3.05, 3.63) is 35.6 Å². The van der Waals surface area contributed by atoms with E-state index >= 15 is 0 Å². The fourth-order valence-corrected chi connectivity index (χ4v) is 0.484. The van der Waals surface area contributed by atoms with Gasteiger partial charge in [-0.3, -0.25) is 0 Å². The summed E-state index contributed by atoms with van der Waals surface area (Å²) in [5, 5.41) is 0. The molecule has 1 aromatic carbocycles. The Morgan fingerprint density at radius 2 is 2.25 bits per heavy atom. The standard InChI is InChI=1S/C7H6F/c1-6-2-4-7(8)5-3-6/h2-4H,1H3. The van der Waals surface area contributed by atoms with Gasteiger partial charge >= 0.3 is 0 Å². The summed E-state index contributed by atoms with van der Waals surface area (Å²) in [6.07, 6.45) is 0. The lowest BCUT2D eigenvalue weighted by Crippen LogP contribution is -1.72. The predicted molar refractivity (Wildman–Crippen MR) is 30.0 cm³/mol. The Kier molecular flexibility index (Phi) is 1.29. The van der Waals surface area contributed by atoms with E-state index in [1.807, 2.05) is 6.92 Å². The smallest absolute Gasteiger partial charge is 0.131 e. The molecule has 0 bridgehead atoms. The molecule has 0 nitrogen and oxygen atoms in total. The molecule has 8 heavy (non-hydrogen) atoms. The van der Waals surface area contributed by atoms with Crippen molar-refractivity contribution in [1.29, 1.82) is 0 Å². The molecular weight excluding hydrogens is 103 g/mol. The summed E-state index contributed by atoms with van der Waals surface area (Å²) in [5.41, 5.74) is 1.03. The van der Waals surface area contributed by atoms with E-state index in [1.165, 1.54) is 6.07 Å². The maximum Gasteiger partial charge on any atom is 0.131 e. The molecule has 0 saturated heterocycles. The Morgan fingerprint density at radius 1 is 1.50 bits per heavy atom. The van der Waals surface area contributed by atoms with Gasteiger partial charge in [-0.05, 0) is 19.1 Å². The van der Waals surface area contributed by atoms with Crippen LogP contribution in [0.25, 0.3) is 0 Å². The molecule has 1 aromatic rings. The van der Waals surface area contributed by atoms with Crippen molar-refractivity contribution in [3.63, 3.8) is 0 Å². The second-order valence-corrected chi connectivity index (χ2v) is 1.71. The SMILES string of the molecule is Cc1c[c]c(F)cc1. The average molecular weight is 109 g/mol. The Hall–Kier alpha value is -0.850. The summed E-state index contributed by atoms with van der Waals surface area (Å²) in [7, 11) is 0. The fraction of sp³-hybridized carbons (Fsp3) is 0.143. The van der Waals surface area contributed by atoms with E-state index in [4.69, 9.17) is 0 Å². The summed E-state index contributed by atoms with van der Waals surface area (Å²) in [6, 6.07) is 7.17. The van der Waals surface area contributed by atoms with Gasteiger partial charge in [-0.1, -0.05) is 11.6 Å². The second kappa shape index (κ2) is 1.95. The van der Waals surface area contributed by atoms with Crippen molar-refractivity contribution in [3.8, 4) is 0 Å². The third-order valence-corrected chi connectivity index (χ3v) is 0.930. The molecule has 1 rings (SSSR count). The van der Waals surface area contributed by atoms with E-state index in [0.29, 0.717) is 0 Å². The van der Waals surface area contributed by atoms with Gasteiger partial charge < -0.3 is 0 Å². The van der Waals surface area contributed by atoms with E-state index in [-0.39, 0.29) is 5.82 Å². The monoisotopic (exact) mass is 109 g/mol. The molecule has 0 aliphatic rings. The predicted octanol–water partition coefficient (Wildman–Crippen LogP) is 1.93. The van der Waals surface area contributed by atoms with Gasteiger partial charge in [0.2, 0.25) is 0 Å². The normalized spacial score (nSPS) is 9.25. The Labute approximate surface area is 48.0 Å². The summed E-state index contributed by atoms with van der Waals surface area (Å²) in [6.45, 7) is 1.90. The van der Waals surface area contributed by atoms with Crippen LogP contribution in [0.15, 0.2) is 18.2 Å². The minimum Gasteiger partial charge on any atom is -0.206 e. The lowest BCUT2D eigenvalue weighted by Gasteiger charge is -1.86. The first-order valence-corrected chi connectivity index (χ1v) is 2.43. The summed E-state index contributed by atoms with van der Waals surface area (Å²) in [5.74, 6) is -0.296. The van der Waals surface area contributed by atoms with Crippen LogP contribution >= 0.6 is 0 Å². The van der Waals surface area contributed by atoms with E-state index in [1.54, 1.807) is 12.1 Å². The number of rotatable bonds is 0. The number of hydrogen-bond donors (Lipinski definition) is 0. The highest BCUT2D eigenvalue weighted by molar-refractivity contribution is 5.12. The molecule has 0 aliphatic heterocycles. The summed E-state index contributed by atoms with van der Waals surface area (Å²) < 4.78 is 12.0. The van der Waals surface area contributed by atoms with Gasteiger partial charge in [0.05, 0.1) is 0 Å². The van der Waals surface area contributed by atoms with Crippen LogP contribution in [0, 0.1) is 18.8 Å². The van der Waals surface area contributed by atoms with Gasteiger partial charge in [-0.2, -0.15) is 0 Å². The van der Waals surface area contributed by atoms with Crippen molar-refractivity contribution in [2.75, 3.05) is 0 Å². The van der Waals surface area contributed by atoms with Gasteiger partial charge in [0.25, 0.3) is 0 Å². The van der Waals surface area contributed by atoms with Crippen molar-refractivity contribution in [1.82, 2.24) is 0 Å². The first-order valence-electron chi connectivity index (χ1n) is 2.43. The molecule has 0 N–H and O–H groups in total. The molecule has 0 saturated carbocycles. The molecule has 0 amide bonds. The van der Waals surface area contributed by atoms with Gasteiger partial charge in [0, 0.05) is 6.07 Å². The van der Waals surface area contributed by atoms with Gasteiger partial charge in [-0.15, -0.1) is 0 Å². The van der Waals surface area contributed by atoms with Crippen LogP contribution in [0.2, 0.25) is 0 Å². The summed E-state index contributed by atoms with van der Waals surface area (Å²) in [4.78, 5) is 0. The first kappa shape index (κ1) is 5.29. The molecular formula is C7H6F. The third kappa shape index (κ3) is 1.06. The van der Waals surface area contributed by atoms with Crippen LogP contribution in [0.3, 0.4) is 0 Å². The lowest BCUT2D eigenvalue weighted by atomic mass is 10.2. The van der Waals surface area contributed by atoms with Crippen LogP contribution in [-0.2, 0) is 0 Å². The minimum absolute atomic E-state index is 0.296. The van der Waals surface area contributed by atoms with E-state index < -0.39 is 0 Å². The van der Waals surface area contributed by atoms with Gasteiger partial charge in [-0.25, -0.2) is 4.39 Å². The van der Waals surface area contributed by atoms with Crippen molar-refractivity contribution in [2.24, 2.45) is 0 Å². The van der Waals surface area contributed by atoms with Crippen LogP contribution < -0.4 is 0 Å². The zero-order valence-electron chi connectivity index (χ0n) is 4.61. The Morgan fingerprint density at radius 3 is 2.62 bits per heavy atom. The largest absolute Gasteiger partial charge is 0.206 e. The van der Waals surface area contributed by atoms with Crippen molar-refractivity contribution in [2.45, 2.75) is 6.92 Å². The van der Waals surface area contributed by atoms with Crippen molar-refractivity contribution >= 4 is 0 Å². The Bertz CT molecular complexity index is 143. The fourth-order valence-electron chi connectivity index (χ4n) is 0.484. The highest BCUT2D eigenvalue weighted by Crippen LogP contribution is 1.98. The maximum atomic E-state index is 12.0. The maximum absolute atomic E-state index is 12.0. The highest BCUT2D eigenvalue weighted by Gasteiger charge is 1.84. The molecule has 0 aliphatic carbocycles. The molecule has 0 heterocycles. The molecule has 1 heteroatoms. The number of halogens is 1. The quantitative estimate of drug-likeness (QED) is 0.477. The molecule has 0 unspecified atom stereocenters. The van der Waals surface area contributed by atoms with E-state index in [9.17, 15) is 4.39 Å². The zero-order valence-corrected chi connectivity index (χ0v) is 4.61. The summed E-state index contributed by atoms with van der Waals surface area (Å²) >= 11 is 0. The Balaban J connectivity index is 3.03. The van der Waals surface area contributed by atoms with E-state index in [0.717, 1.165) is 5.56 Å². The molecule has 0 atom stereocenters. The van der Waals surface area contributed by atoms with Crippen LogP contribution in [0.1, 0.15) is 5.56 Å². The van der Waals surface area contributed by atoms with Crippen molar-refractivity contribution < 1.29 is 4.39 Å². The highest BCUT2D eigenvalue weighted by atomic mass is 19.1.